The molecule has 464 valence electrons. The number of nitrogens with zero attached hydrogens (tertiary/aromatic N) is 1. The first kappa shape index (κ1) is 63.2. The Bertz CT molecular complexity index is 4800. The van der Waals surface area contributed by atoms with E-state index in [1.54, 1.807) is 0 Å². The van der Waals surface area contributed by atoms with E-state index in [2.05, 4.69) is 291 Å². The number of rotatable bonds is 1. The maximum atomic E-state index is 6.07. The quantitative estimate of drug-likeness (QED) is 0.164. The molecule has 4 nitrogen and oxygen atoms in total. The van der Waals surface area contributed by atoms with Gasteiger partial charge in [0.1, 0.15) is 22.3 Å². The summed E-state index contributed by atoms with van der Waals surface area (Å²) in [5, 5.41) is 10.4. The first-order chi connectivity index (χ1) is 43.8. The Morgan fingerprint density at radius 3 is 1.27 bits per heavy atom. The molecule has 5 heterocycles. The molecule has 15 aromatic rings. The van der Waals surface area contributed by atoms with Gasteiger partial charge >= 0.3 is 0 Å². The Hall–Kier alpha value is -8.94. The molecule has 0 unspecified atom stereocenters. The van der Waals surface area contributed by atoms with Gasteiger partial charge in [0, 0.05) is 73.1 Å². The summed E-state index contributed by atoms with van der Waals surface area (Å²) < 4.78 is 23.5. The van der Waals surface area contributed by atoms with E-state index in [-0.39, 0.29) is 27.1 Å². The summed E-state index contributed by atoms with van der Waals surface area (Å²) in [6, 6.07) is 85.4. The van der Waals surface area contributed by atoms with Crippen LogP contribution in [0.4, 0.5) is 17.1 Å². The molecule has 0 N–H and O–H groups in total. The Balaban J connectivity index is 0.000000112. The molecule has 0 radical (unpaired) electrons. The SMILES string of the molecule is CC(C)(C)c1ccc(N2c3ccccc3Oc3ccccc32)cc1.CC(C)(C)c1ccc2oc3ccccc3c2c1.CC(C)(C)c1ccc2sc3ccccc3c2c1.CC(C)(C)c1cccc2c1oc1ccccc12.CC(C)(C)c1cccc2c1sc1ccccc12. The number of furan rings is 2. The van der Waals surface area contributed by atoms with Gasteiger partial charge in [-0.2, -0.15) is 0 Å². The molecule has 0 atom stereocenters. The summed E-state index contributed by atoms with van der Waals surface area (Å²) >= 11 is 3.80. The fourth-order valence-electron chi connectivity index (χ4n) is 12.2. The van der Waals surface area contributed by atoms with E-state index in [0.717, 1.165) is 50.9 Å². The molecule has 1 aliphatic rings. The van der Waals surface area contributed by atoms with Crippen molar-refractivity contribution in [3.8, 4) is 11.5 Å². The van der Waals surface area contributed by atoms with Crippen molar-refractivity contribution in [3.05, 3.63) is 270 Å². The summed E-state index contributed by atoms with van der Waals surface area (Å²) in [4.78, 5) is 2.26. The number of benzene rings is 11. The Morgan fingerprint density at radius 2 is 0.696 bits per heavy atom. The van der Waals surface area contributed by atoms with Gasteiger partial charge in [-0.05, 0) is 134 Å². The summed E-state index contributed by atoms with van der Waals surface area (Å²) in [6.07, 6.45) is 0. The van der Waals surface area contributed by atoms with E-state index in [1.807, 2.05) is 83.3 Å². The van der Waals surface area contributed by atoms with Gasteiger partial charge < -0.3 is 18.5 Å². The normalized spacial score (nSPS) is 12.6. The second-order valence-electron chi connectivity index (χ2n) is 29.3. The molecule has 1 aliphatic heterocycles. The van der Waals surface area contributed by atoms with E-state index >= 15 is 0 Å². The topological polar surface area (TPSA) is 38.8 Å². The lowest BCUT2D eigenvalue weighted by molar-refractivity contribution is 0.477. The summed E-state index contributed by atoms with van der Waals surface area (Å²) in [5.74, 6) is 1.77. The van der Waals surface area contributed by atoms with E-state index < -0.39 is 0 Å². The summed E-state index contributed by atoms with van der Waals surface area (Å²) in [5.41, 5.74) is 14.9. The number of hydrogen-bond donors (Lipinski definition) is 0. The predicted octanol–water partition coefficient (Wildman–Crippen LogP) is 27.0. The average Bonchev–Trinajstić information content (AvgIpc) is 1.24. The summed E-state index contributed by atoms with van der Waals surface area (Å²) in [6.45, 7) is 33.7. The number of anilines is 3. The van der Waals surface area contributed by atoms with Crippen LogP contribution in [0, 0.1) is 0 Å². The molecule has 16 rings (SSSR count). The van der Waals surface area contributed by atoms with Crippen LogP contribution in [-0.4, -0.2) is 0 Å². The second-order valence-corrected chi connectivity index (χ2v) is 31.5. The molecular formula is C86H85NO3S2. The van der Waals surface area contributed by atoms with Gasteiger partial charge in [0.25, 0.3) is 0 Å². The molecule has 0 bridgehead atoms. The monoisotopic (exact) mass is 1240 g/mol. The molecule has 0 saturated heterocycles. The molecule has 0 amide bonds. The van der Waals surface area contributed by atoms with Gasteiger partial charge in [-0.15, -0.1) is 22.7 Å². The first-order valence-corrected chi connectivity index (χ1v) is 33.8. The van der Waals surface area contributed by atoms with Gasteiger partial charge in [0.15, 0.2) is 11.5 Å². The maximum absolute atomic E-state index is 6.07. The molecule has 0 spiro atoms. The lowest BCUT2D eigenvalue weighted by Gasteiger charge is -2.33. The van der Waals surface area contributed by atoms with Crippen molar-refractivity contribution in [2.45, 2.75) is 131 Å². The fraction of sp³-hybridized carbons (Fsp3) is 0.233. The third-order valence-electron chi connectivity index (χ3n) is 17.3. The van der Waals surface area contributed by atoms with Gasteiger partial charge in [-0.1, -0.05) is 262 Å². The van der Waals surface area contributed by atoms with Crippen LogP contribution in [0.5, 0.6) is 11.5 Å². The van der Waals surface area contributed by atoms with Crippen molar-refractivity contribution in [2.75, 3.05) is 4.90 Å². The van der Waals surface area contributed by atoms with Crippen molar-refractivity contribution >= 4 is 124 Å². The van der Waals surface area contributed by atoms with E-state index in [9.17, 15) is 0 Å². The number of fused-ring (bicyclic) bond motifs is 14. The predicted molar refractivity (Wildman–Crippen MR) is 401 cm³/mol. The largest absolute Gasteiger partial charge is 0.456 e. The second kappa shape index (κ2) is 24.9. The van der Waals surface area contributed by atoms with Crippen LogP contribution < -0.4 is 9.64 Å². The minimum Gasteiger partial charge on any atom is -0.456 e. The highest BCUT2D eigenvalue weighted by Crippen LogP contribution is 2.50. The van der Waals surface area contributed by atoms with Crippen LogP contribution in [0.3, 0.4) is 0 Å². The zero-order valence-corrected chi connectivity index (χ0v) is 57.7. The number of para-hydroxylation sites is 7. The smallest absolute Gasteiger partial charge is 0.151 e. The van der Waals surface area contributed by atoms with Gasteiger partial charge in [0.2, 0.25) is 0 Å². The molecule has 0 aliphatic carbocycles. The molecule has 11 aromatic carbocycles. The van der Waals surface area contributed by atoms with Crippen LogP contribution in [0.2, 0.25) is 0 Å². The zero-order valence-electron chi connectivity index (χ0n) is 56.1. The maximum Gasteiger partial charge on any atom is 0.151 e. The highest BCUT2D eigenvalue weighted by molar-refractivity contribution is 7.26. The van der Waals surface area contributed by atoms with Gasteiger partial charge in [-0.3, -0.25) is 0 Å². The van der Waals surface area contributed by atoms with Crippen LogP contribution in [0.1, 0.15) is 132 Å². The van der Waals surface area contributed by atoms with Crippen molar-refractivity contribution in [1.82, 2.24) is 0 Å². The van der Waals surface area contributed by atoms with Crippen LogP contribution in [0.25, 0.3) is 84.2 Å². The fourth-order valence-corrected chi connectivity index (χ4v) is 14.7. The van der Waals surface area contributed by atoms with Gasteiger partial charge in [0.05, 0.1) is 11.4 Å². The third kappa shape index (κ3) is 13.1. The van der Waals surface area contributed by atoms with E-state index in [1.165, 1.54) is 89.7 Å². The van der Waals surface area contributed by atoms with Gasteiger partial charge in [-0.25, -0.2) is 0 Å². The average molecular weight is 1240 g/mol. The highest BCUT2D eigenvalue weighted by atomic mass is 32.1. The standard InChI is InChI=1S/C22H21NO.2C16H16O.2C16H16S/c1-22(2,3)16-12-14-17(15-13-16)23-18-8-4-6-10-20(18)24-21-11-7-5-9-19(21)23;1-16(2,3)13-9-6-8-12-11-7-4-5-10-14(11)17-15(12)13;1-16(2,3)11-8-9-15-13(10-11)12-6-4-5-7-14(12)17-15;1-16(2,3)13-9-6-8-12-11-7-4-5-10-14(11)17-15(12)13;1-16(2,3)11-8-9-15-13(10-11)12-6-4-5-7-14(12)17-15/h4-15H,1-3H3;4*4-10H,1-3H3. The van der Waals surface area contributed by atoms with E-state index in [0.29, 0.717) is 0 Å². The first-order valence-electron chi connectivity index (χ1n) is 32.2. The highest BCUT2D eigenvalue weighted by Gasteiger charge is 2.27. The minimum atomic E-state index is 0.105. The Kier molecular flexibility index (Phi) is 17.1. The van der Waals surface area contributed by atoms with Crippen LogP contribution >= 0.6 is 22.7 Å². The molecule has 6 heteroatoms. The van der Waals surface area contributed by atoms with Crippen LogP contribution in [0.15, 0.2) is 251 Å². The van der Waals surface area contributed by atoms with Crippen molar-refractivity contribution in [3.63, 3.8) is 0 Å². The number of hydrogen-bond acceptors (Lipinski definition) is 6. The molecule has 0 saturated carbocycles. The molecule has 0 fully saturated rings. The van der Waals surface area contributed by atoms with Crippen LogP contribution in [-0.2, 0) is 27.1 Å². The van der Waals surface area contributed by atoms with Crippen molar-refractivity contribution in [2.24, 2.45) is 0 Å². The van der Waals surface area contributed by atoms with Crippen molar-refractivity contribution < 1.29 is 13.6 Å². The number of ether oxygens (including phenoxy) is 1. The Labute approximate surface area is 551 Å². The minimum absolute atomic E-state index is 0.105. The lowest BCUT2D eigenvalue weighted by atomic mass is 9.86. The summed E-state index contributed by atoms with van der Waals surface area (Å²) in [7, 11) is 0. The third-order valence-corrected chi connectivity index (χ3v) is 19.7. The Morgan fingerprint density at radius 1 is 0.283 bits per heavy atom. The van der Waals surface area contributed by atoms with Crippen molar-refractivity contribution in [1.29, 1.82) is 0 Å². The molecule has 92 heavy (non-hydrogen) atoms. The molecule has 4 aromatic heterocycles. The zero-order chi connectivity index (χ0) is 64.9. The van der Waals surface area contributed by atoms with E-state index in [4.69, 9.17) is 13.6 Å². The molecular weight excluding hydrogens is 1160 g/mol. The lowest BCUT2D eigenvalue weighted by Crippen LogP contribution is -2.16. The number of thiophene rings is 2.